The molecule has 2 N–H and O–H groups in total. The highest BCUT2D eigenvalue weighted by Crippen LogP contribution is 2.36. The molecule has 21 heavy (non-hydrogen) atoms. The second-order valence-electron chi connectivity index (χ2n) is 5.57. The minimum absolute atomic E-state index is 0.275. The number of likely N-dealkylation sites (tertiary alicyclic amines) is 1. The first-order valence-electron chi connectivity index (χ1n) is 7.35. The van der Waals surface area contributed by atoms with E-state index >= 15 is 0 Å². The summed E-state index contributed by atoms with van der Waals surface area (Å²) in [5.74, 6) is 0.275. The first-order valence-corrected chi connectivity index (χ1v) is 7.35. The largest absolute Gasteiger partial charge is 0.508 e. The van der Waals surface area contributed by atoms with Crippen LogP contribution in [0.2, 0.25) is 0 Å². The number of piperidine rings is 1. The Labute approximate surface area is 124 Å². The lowest BCUT2D eigenvalue weighted by Crippen LogP contribution is -2.48. The van der Waals surface area contributed by atoms with E-state index in [4.69, 9.17) is 0 Å². The van der Waals surface area contributed by atoms with Crippen LogP contribution in [0.3, 0.4) is 0 Å². The number of phenols is 1. The SMILES string of the molecule is Oc1ccccc1CN1CCCCC1(O)c1cccnc1. The van der Waals surface area contributed by atoms with Crippen molar-refractivity contribution in [1.29, 1.82) is 0 Å². The molecular formula is C17H20N2O2. The van der Waals surface area contributed by atoms with Crippen molar-refractivity contribution in [2.75, 3.05) is 6.54 Å². The zero-order valence-electron chi connectivity index (χ0n) is 11.9. The van der Waals surface area contributed by atoms with Gasteiger partial charge in [-0.15, -0.1) is 0 Å². The lowest BCUT2D eigenvalue weighted by Gasteiger charge is -2.43. The molecule has 110 valence electrons. The molecule has 0 bridgehead atoms. The van der Waals surface area contributed by atoms with Gasteiger partial charge in [0.05, 0.1) is 0 Å². The van der Waals surface area contributed by atoms with Crippen molar-refractivity contribution < 1.29 is 10.2 Å². The van der Waals surface area contributed by atoms with Crippen molar-refractivity contribution in [2.24, 2.45) is 0 Å². The lowest BCUT2D eigenvalue weighted by molar-refractivity contribution is -0.145. The van der Waals surface area contributed by atoms with Gasteiger partial charge in [0.15, 0.2) is 0 Å². The molecule has 2 heterocycles. The third-order valence-electron chi connectivity index (χ3n) is 4.20. The zero-order chi connectivity index (χ0) is 14.7. The number of nitrogens with zero attached hydrogens (tertiary/aromatic N) is 2. The fraction of sp³-hybridized carbons (Fsp3) is 0.353. The highest BCUT2D eigenvalue weighted by molar-refractivity contribution is 5.32. The van der Waals surface area contributed by atoms with Gasteiger partial charge < -0.3 is 10.2 Å². The number of pyridine rings is 1. The summed E-state index contributed by atoms with van der Waals surface area (Å²) in [5, 5.41) is 21.1. The molecular weight excluding hydrogens is 264 g/mol. The van der Waals surface area contributed by atoms with Gasteiger partial charge in [-0.1, -0.05) is 24.3 Å². The first kappa shape index (κ1) is 14.0. The summed E-state index contributed by atoms with van der Waals surface area (Å²) < 4.78 is 0. The smallest absolute Gasteiger partial charge is 0.146 e. The molecule has 1 atom stereocenters. The number of aromatic hydroxyl groups is 1. The monoisotopic (exact) mass is 284 g/mol. The van der Waals surface area contributed by atoms with Crippen LogP contribution < -0.4 is 0 Å². The standard InChI is InChI=1S/C17H20N2O2/c20-16-8-2-1-6-14(16)13-19-11-4-3-9-17(19,21)15-7-5-10-18-12-15/h1-2,5-8,10,12,20-21H,3-4,9,11,13H2. The number of aliphatic hydroxyl groups is 1. The predicted molar refractivity (Wildman–Crippen MR) is 80.5 cm³/mol. The molecule has 3 rings (SSSR count). The van der Waals surface area contributed by atoms with Crippen LogP contribution in [0.15, 0.2) is 48.8 Å². The van der Waals surface area contributed by atoms with Crippen LogP contribution in [-0.2, 0) is 12.3 Å². The van der Waals surface area contributed by atoms with Gasteiger partial charge in [0.1, 0.15) is 11.5 Å². The van der Waals surface area contributed by atoms with E-state index in [-0.39, 0.29) is 5.75 Å². The van der Waals surface area contributed by atoms with Gasteiger partial charge in [0.25, 0.3) is 0 Å². The quantitative estimate of drug-likeness (QED) is 0.909. The predicted octanol–water partition coefficient (Wildman–Crippen LogP) is 2.62. The van der Waals surface area contributed by atoms with Crippen molar-refractivity contribution in [3.8, 4) is 5.75 Å². The zero-order valence-corrected chi connectivity index (χ0v) is 11.9. The molecule has 1 aromatic carbocycles. The minimum atomic E-state index is -1.01. The number of aromatic nitrogens is 1. The van der Waals surface area contributed by atoms with Gasteiger partial charge in [0.2, 0.25) is 0 Å². The first-order chi connectivity index (χ1) is 10.2. The molecule has 1 saturated heterocycles. The molecule has 0 spiro atoms. The third-order valence-corrected chi connectivity index (χ3v) is 4.20. The van der Waals surface area contributed by atoms with Crippen molar-refractivity contribution >= 4 is 0 Å². The maximum absolute atomic E-state index is 11.2. The van der Waals surface area contributed by atoms with Gasteiger partial charge >= 0.3 is 0 Å². The van der Waals surface area contributed by atoms with Crippen molar-refractivity contribution in [2.45, 2.75) is 31.5 Å². The van der Waals surface area contributed by atoms with E-state index in [2.05, 4.69) is 4.98 Å². The van der Waals surface area contributed by atoms with Gasteiger partial charge in [0, 0.05) is 36.6 Å². The van der Waals surface area contributed by atoms with E-state index in [1.807, 2.05) is 35.2 Å². The van der Waals surface area contributed by atoms with E-state index in [9.17, 15) is 10.2 Å². The summed E-state index contributed by atoms with van der Waals surface area (Å²) in [5.41, 5.74) is 0.649. The maximum atomic E-state index is 11.2. The molecule has 1 aliphatic rings. The van der Waals surface area contributed by atoms with Gasteiger partial charge in [-0.3, -0.25) is 9.88 Å². The van der Waals surface area contributed by atoms with Crippen LogP contribution in [0.5, 0.6) is 5.75 Å². The second-order valence-corrected chi connectivity index (χ2v) is 5.57. The van der Waals surface area contributed by atoms with Crippen LogP contribution in [0.25, 0.3) is 0 Å². The summed E-state index contributed by atoms with van der Waals surface area (Å²) in [6, 6.07) is 11.1. The number of benzene rings is 1. The van der Waals surface area contributed by atoms with Crippen LogP contribution >= 0.6 is 0 Å². The summed E-state index contributed by atoms with van der Waals surface area (Å²) >= 11 is 0. The Balaban J connectivity index is 1.90. The summed E-state index contributed by atoms with van der Waals surface area (Å²) in [4.78, 5) is 6.16. The number of phenolic OH excluding ortho intramolecular Hbond substituents is 1. The van der Waals surface area contributed by atoms with E-state index in [1.165, 1.54) is 0 Å². The number of para-hydroxylation sites is 1. The molecule has 0 amide bonds. The van der Waals surface area contributed by atoms with E-state index < -0.39 is 5.72 Å². The molecule has 1 aromatic heterocycles. The molecule has 1 aliphatic heterocycles. The Morgan fingerprint density at radius 3 is 2.76 bits per heavy atom. The summed E-state index contributed by atoms with van der Waals surface area (Å²) in [7, 11) is 0. The van der Waals surface area contributed by atoms with Gasteiger partial charge in [-0.05, 0) is 31.4 Å². The Morgan fingerprint density at radius 2 is 2.00 bits per heavy atom. The molecule has 1 unspecified atom stereocenters. The van der Waals surface area contributed by atoms with Crippen molar-refractivity contribution in [3.63, 3.8) is 0 Å². The molecule has 1 fully saturated rings. The Morgan fingerprint density at radius 1 is 1.14 bits per heavy atom. The van der Waals surface area contributed by atoms with Crippen LogP contribution in [0.1, 0.15) is 30.4 Å². The maximum Gasteiger partial charge on any atom is 0.146 e. The van der Waals surface area contributed by atoms with Crippen LogP contribution in [0, 0.1) is 0 Å². The molecule has 4 heteroatoms. The van der Waals surface area contributed by atoms with E-state index in [0.29, 0.717) is 13.0 Å². The Hall–Kier alpha value is -1.91. The fourth-order valence-corrected chi connectivity index (χ4v) is 3.00. The van der Waals surface area contributed by atoms with Gasteiger partial charge in [-0.25, -0.2) is 0 Å². The summed E-state index contributed by atoms with van der Waals surface area (Å²) in [6.07, 6.45) is 6.16. The molecule has 0 aliphatic carbocycles. The molecule has 0 radical (unpaired) electrons. The Kier molecular flexibility index (Phi) is 3.90. The topological polar surface area (TPSA) is 56.6 Å². The average Bonchev–Trinajstić information content (AvgIpc) is 2.53. The van der Waals surface area contributed by atoms with E-state index in [0.717, 1.165) is 30.5 Å². The van der Waals surface area contributed by atoms with E-state index in [1.54, 1.807) is 18.5 Å². The molecule has 2 aromatic rings. The Bertz CT molecular complexity index is 603. The van der Waals surface area contributed by atoms with Crippen LogP contribution in [0.4, 0.5) is 0 Å². The lowest BCUT2D eigenvalue weighted by atomic mass is 9.91. The highest BCUT2D eigenvalue weighted by Gasteiger charge is 2.38. The molecule has 0 saturated carbocycles. The third kappa shape index (κ3) is 2.77. The summed E-state index contributed by atoms with van der Waals surface area (Å²) in [6.45, 7) is 1.33. The highest BCUT2D eigenvalue weighted by atomic mass is 16.3. The van der Waals surface area contributed by atoms with Crippen LogP contribution in [-0.4, -0.2) is 26.6 Å². The fourth-order valence-electron chi connectivity index (χ4n) is 3.00. The minimum Gasteiger partial charge on any atom is -0.508 e. The number of hydrogen-bond acceptors (Lipinski definition) is 4. The second kappa shape index (κ2) is 5.84. The average molecular weight is 284 g/mol. The van der Waals surface area contributed by atoms with Crippen molar-refractivity contribution in [3.05, 3.63) is 59.9 Å². The number of hydrogen-bond donors (Lipinski definition) is 2. The molecule has 4 nitrogen and oxygen atoms in total. The number of rotatable bonds is 3. The van der Waals surface area contributed by atoms with Crippen molar-refractivity contribution in [1.82, 2.24) is 9.88 Å². The van der Waals surface area contributed by atoms with Gasteiger partial charge in [-0.2, -0.15) is 0 Å². The normalized spacial score (nSPS) is 23.1.